The number of fused-ring (bicyclic) bond motifs is 1. The van der Waals surface area contributed by atoms with Gasteiger partial charge in [-0.15, -0.1) is 0 Å². The largest absolute Gasteiger partial charge is 0.493 e. The van der Waals surface area contributed by atoms with Crippen LogP contribution in [0.15, 0.2) is 60.9 Å². The Morgan fingerprint density at radius 3 is 2.07 bits per heavy atom. The topological polar surface area (TPSA) is 45.5 Å². The minimum Gasteiger partial charge on any atom is -0.493 e. The highest BCUT2D eigenvalue weighted by Gasteiger charge is 2.16. The van der Waals surface area contributed by atoms with E-state index in [1.807, 2.05) is 43.6 Å². The fourth-order valence-corrected chi connectivity index (χ4v) is 3.51. The third-order valence-corrected chi connectivity index (χ3v) is 4.90. The first-order chi connectivity index (χ1) is 13.7. The van der Waals surface area contributed by atoms with E-state index in [0.29, 0.717) is 17.2 Å². The van der Waals surface area contributed by atoms with Crippen molar-refractivity contribution in [2.24, 2.45) is 7.05 Å². The van der Waals surface area contributed by atoms with Crippen molar-refractivity contribution < 1.29 is 14.2 Å². The van der Waals surface area contributed by atoms with E-state index in [9.17, 15) is 0 Å². The van der Waals surface area contributed by atoms with E-state index in [0.717, 1.165) is 33.3 Å². The number of nitrogens with zero attached hydrogens (tertiary/aromatic N) is 2. The molecule has 0 radical (unpaired) electrons. The van der Waals surface area contributed by atoms with Gasteiger partial charge in [0.15, 0.2) is 11.5 Å². The smallest absolute Gasteiger partial charge is 0.203 e. The SMILES string of the molecule is COc1cc(-c2cnc3c(c2)c(-c2ccccc2)cn3C)cc(OC)c1OC. The molecule has 0 amide bonds. The molecule has 4 aromatic rings. The van der Waals surface area contributed by atoms with Crippen molar-refractivity contribution in [2.45, 2.75) is 0 Å². The van der Waals surface area contributed by atoms with Crippen molar-refractivity contribution in [1.82, 2.24) is 9.55 Å². The highest BCUT2D eigenvalue weighted by atomic mass is 16.5. The second-order valence-corrected chi connectivity index (χ2v) is 6.53. The Labute approximate surface area is 164 Å². The Balaban J connectivity index is 1.91. The van der Waals surface area contributed by atoms with Crippen LogP contribution < -0.4 is 14.2 Å². The lowest BCUT2D eigenvalue weighted by atomic mass is 10.0. The molecule has 0 atom stereocenters. The molecular formula is C23H22N2O3. The van der Waals surface area contributed by atoms with Gasteiger partial charge in [0, 0.05) is 36.0 Å². The summed E-state index contributed by atoms with van der Waals surface area (Å²) >= 11 is 0. The molecule has 2 aromatic heterocycles. The molecular weight excluding hydrogens is 352 g/mol. The number of aromatic nitrogens is 2. The molecule has 0 unspecified atom stereocenters. The van der Waals surface area contributed by atoms with Gasteiger partial charge in [-0.1, -0.05) is 30.3 Å². The van der Waals surface area contributed by atoms with Crippen molar-refractivity contribution in [1.29, 1.82) is 0 Å². The number of ether oxygens (including phenoxy) is 3. The number of pyridine rings is 1. The zero-order valence-electron chi connectivity index (χ0n) is 16.4. The van der Waals surface area contributed by atoms with Crippen LogP contribution >= 0.6 is 0 Å². The molecule has 0 aliphatic carbocycles. The van der Waals surface area contributed by atoms with Gasteiger partial charge in [0.2, 0.25) is 5.75 Å². The summed E-state index contributed by atoms with van der Waals surface area (Å²) < 4.78 is 18.5. The van der Waals surface area contributed by atoms with Crippen molar-refractivity contribution in [3.05, 3.63) is 60.9 Å². The lowest BCUT2D eigenvalue weighted by Crippen LogP contribution is -1.96. The van der Waals surface area contributed by atoms with Crippen LogP contribution in [0.1, 0.15) is 0 Å². The monoisotopic (exact) mass is 374 g/mol. The first-order valence-electron chi connectivity index (χ1n) is 8.97. The molecule has 28 heavy (non-hydrogen) atoms. The van der Waals surface area contributed by atoms with Gasteiger partial charge < -0.3 is 18.8 Å². The minimum absolute atomic E-state index is 0.576. The van der Waals surface area contributed by atoms with Gasteiger partial charge in [-0.2, -0.15) is 0 Å². The standard InChI is InChI=1S/C23H22N2O3/c1-25-14-19(15-8-6-5-7-9-15)18-10-17(13-24-23(18)25)16-11-20(26-2)22(28-4)21(12-16)27-3/h5-14H,1-4H3. The molecule has 0 bridgehead atoms. The average Bonchev–Trinajstić information content (AvgIpc) is 3.09. The molecule has 0 aliphatic heterocycles. The zero-order chi connectivity index (χ0) is 19.7. The lowest BCUT2D eigenvalue weighted by molar-refractivity contribution is 0.324. The maximum Gasteiger partial charge on any atom is 0.203 e. The highest BCUT2D eigenvalue weighted by molar-refractivity contribution is 5.96. The van der Waals surface area contributed by atoms with E-state index in [-0.39, 0.29) is 0 Å². The number of aryl methyl sites for hydroxylation is 1. The molecule has 5 heteroatoms. The third kappa shape index (κ3) is 2.95. The number of hydrogen-bond acceptors (Lipinski definition) is 4. The molecule has 4 rings (SSSR count). The van der Waals surface area contributed by atoms with Gasteiger partial charge >= 0.3 is 0 Å². The van der Waals surface area contributed by atoms with Crippen molar-refractivity contribution >= 4 is 11.0 Å². The van der Waals surface area contributed by atoms with Gasteiger partial charge in [-0.05, 0) is 29.3 Å². The third-order valence-electron chi connectivity index (χ3n) is 4.90. The average molecular weight is 374 g/mol. The molecule has 0 saturated heterocycles. The molecule has 0 spiro atoms. The second-order valence-electron chi connectivity index (χ2n) is 6.53. The van der Waals surface area contributed by atoms with Gasteiger partial charge in [0.25, 0.3) is 0 Å². The fraction of sp³-hybridized carbons (Fsp3) is 0.174. The summed E-state index contributed by atoms with van der Waals surface area (Å²) in [6.07, 6.45) is 3.99. The van der Waals surface area contributed by atoms with E-state index in [1.165, 1.54) is 0 Å². The molecule has 2 aromatic carbocycles. The Morgan fingerprint density at radius 2 is 1.46 bits per heavy atom. The van der Waals surface area contributed by atoms with Gasteiger partial charge in [0.1, 0.15) is 5.65 Å². The minimum atomic E-state index is 0.576. The molecule has 0 N–H and O–H groups in total. The first-order valence-corrected chi connectivity index (χ1v) is 8.97. The molecule has 2 heterocycles. The van der Waals surface area contributed by atoms with Crippen molar-refractivity contribution in [3.8, 4) is 39.5 Å². The van der Waals surface area contributed by atoms with Crippen LogP contribution in [0.2, 0.25) is 0 Å². The van der Waals surface area contributed by atoms with E-state index in [4.69, 9.17) is 19.2 Å². The van der Waals surface area contributed by atoms with Crippen LogP contribution in [-0.4, -0.2) is 30.9 Å². The predicted molar refractivity (Wildman–Crippen MR) is 111 cm³/mol. The van der Waals surface area contributed by atoms with Crippen molar-refractivity contribution in [2.75, 3.05) is 21.3 Å². The molecule has 0 aliphatic rings. The first kappa shape index (κ1) is 17.9. The fourth-order valence-electron chi connectivity index (χ4n) is 3.51. The quantitative estimate of drug-likeness (QED) is 0.497. The Kier molecular flexibility index (Phi) is 4.65. The zero-order valence-corrected chi connectivity index (χ0v) is 16.4. The number of benzene rings is 2. The van der Waals surface area contributed by atoms with Crippen LogP contribution in [-0.2, 0) is 7.05 Å². The Hall–Kier alpha value is -3.47. The summed E-state index contributed by atoms with van der Waals surface area (Å²) in [5.41, 5.74) is 5.19. The number of rotatable bonds is 5. The van der Waals surface area contributed by atoms with E-state index in [2.05, 4.69) is 29.0 Å². The van der Waals surface area contributed by atoms with Crippen LogP contribution in [0.3, 0.4) is 0 Å². The van der Waals surface area contributed by atoms with Crippen LogP contribution in [0.25, 0.3) is 33.3 Å². The highest BCUT2D eigenvalue weighted by Crippen LogP contribution is 2.42. The molecule has 0 fully saturated rings. The van der Waals surface area contributed by atoms with E-state index < -0.39 is 0 Å². The van der Waals surface area contributed by atoms with Crippen LogP contribution in [0.4, 0.5) is 0 Å². The summed E-state index contributed by atoms with van der Waals surface area (Å²) in [6.45, 7) is 0. The summed E-state index contributed by atoms with van der Waals surface area (Å²) in [5, 5.41) is 1.10. The number of methoxy groups -OCH3 is 3. The van der Waals surface area contributed by atoms with Gasteiger partial charge in [-0.3, -0.25) is 0 Å². The van der Waals surface area contributed by atoms with Crippen LogP contribution in [0.5, 0.6) is 17.2 Å². The molecule has 142 valence electrons. The lowest BCUT2D eigenvalue weighted by Gasteiger charge is -2.14. The van der Waals surface area contributed by atoms with E-state index in [1.54, 1.807) is 21.3 Å². The summed E-state index contributed by atoms with van der Waals surface area (Å²) in [6, 6.07) is 16.4. The summed E-state index contributed by atoms with van der Waals surface area (Å²) in [7, 11) is 6.85. The maximum absolute atomic E-state index is 5.50. The summed E-state index contributed by atoms with van der Waals surface area (Å²) in [5.74, 6) is 1.81. The van der Waals surface area contributed by atoms with E-state index >= 15 is 0 Å². The molecule has 0 saturated carbocycles. The Bertz CT molecular complexity index is 1110. The maximum atomic E-state index is 5.50. The van der Waals surface area contributed by atoms with Crippen LogP contribution in [0, 0.1) is 0 Å². The normalized spacial score (nSPS) is 10.9. The predicted octanol–water partition coefficient (Wildman–Crippen LogP) is 4.93. The second kappa shape index (κ2) is 7.27. The van der Waals surface area contributed by atoms with Crippen molar-refractivity contribution in [3.63, 3.8) is 0 Å². The number of hydrogen-bond donors (Lipinski definition) is 0. The van der Waals surface area contributed by atoms with Gasteiger partial charge in [-0.25, -0.2) is 4.98 Å². The Morgan fingerprint density at radius 1 is 0.786 bits per heavy atom. The molecule has 5 nitrogen and oxygen atoms in total. The summed E-state index contributed by atoms with van der Waals surface area (Å²) in [4.78, 5) is 4.71. The van der Waals surface area contributed by atoms with Gasteiger partial charge in [0.05, 0.1) is 21.3 Å².